The highest BCUT2D eigenvalue weighted by Crippen LogP contribution is 2.26. The molecule has 0 aliphatic rings. The van der Waals surface area contributed by atoms with Crippen LogP contribution in [0.15, 0.2) is 35.7 Å². The van der Waals surface area contributed by atoms with E-state index in [2.05, 4.69) is 25.8 Å². The molecule has 26 heavy (non-hydrogen) atoms. The molecule has 1 heterocycles. The first kappa shape index (κ1) is 20.1. The van der Waals surface area contributed by atoms with Gasteiger partial charge in [0.25, 0.3) is 0 Å². The second-order valence-corrected chi connectivity index (χ2v) is 8.23. The second kappa shape index (κ2) is 8.94. The zero-order chi connectivity index (χ0) is 19.2. The molecule has 0 fully saturated rings. The van der Waals surface area contributed by atoms with Crippen LogP contribution < -0.4 is 0 Å². The normalized spacial score (nSPS) is 11.3. The molecule has 1 aromatic heterocycles. The van der Waals surface area contributed by atoms with Crippen LogP contribution in [0.1, 0.15) is 49.9 Å². The number of benzene rings is 1. The first-order valence-electron chi connectivity index (χ1n) is 8.74. The van der Waals surface area contributed by atoms with Gasteiger partial charge in [0.1, 0.15) is 0 Å². The Morgan fingerprint density at radius 2 is 1.88 bits per heavy atom. The third-order valence-corrected chi connectivity index (χ3v) is 5.23. The molecule has 1 amide bonds. The number of hydrogen-bond acceptors (Lipinski definition) is 4. The average Bonchev–Trinajstić information content (AvgIpc) is 3.03. The number of rotatable bonds is 8. The lowest BCUT2D eigenvalue weighted by atomic mass is 9.98. The summed E-state index contributed by atoms with van der Waals surface area (Å²) in [6.07, 6.45) is 0.744. The molecule has 0 unspecified atom stereocenters. The minimum Gasteiger partial charge on any atom is -0.481 e. The molecule has 5 nitrogen and oxygen atoms in total. The van der Waals surface area contributed by atoms with Crippen LogP contribution >= 0.6 is 11.3 Å². The van der Waals surface area contributed by atoms with Crippen molar-refractivity contribution in [3.63, 3.8) is 0 Å². The number of carboxylic acid groups (broad SMARTS) is 1. The van der Waals surface area contributed by atoms with Gasteiger partial charge in [-0.25, -0.2) is 4.98 Å². The van der Waals surface area contributed by atoms with Crippen molar-refractivity contribution in [3.8, 4) is 0 Å². The van der Waals surface area contributed by atoms with Crippen LogP contribution in [-0.4, -0.2) is 33.4 Å². The Morgan fingerprint density at radius 1 is 1.19 bits per heavy atom. The largest absolute Gasteiger partial charge is 0.481 e. The smallest absolute Gasteiger partial charge is 0.303 e. The van der Waals surface area contributed by atoms with Gasteiger partial charge in [0, 0.05) is 30.3 Å². The van der Waals surface area contributed by atoms with Crippen LogP contribution in [0.25, 0.3) is 0 Å². The van der Waals surface area contributed by atoms with Crippen LogP contribution in [-0.2, 0) is 28.0 Å². The summed E-state index contributed by atoms with van der Waals surface area (Å²) in [5.41, 5.74) is 1.78. The van der Waals surface area contributed by atoms with Crippen LogP contribution in [0, 0.1) is 0 Å². The van der Waals surface area contributed by atoms with Crippen molar-refractivity contribution in [3.05, 3.63) is 52.0 Å². The highest BCUT2D eigenvalue weighted by atomic mass is 32.1. The first-order valence-corrected chi connectivity index (χ1v) is 9.62. The fraction of sp³-hybridized carbons (Fsp3) is 0.450. The zero-order valence-electron chi connectivity index (χ0n) is 15.6. The summed E-state index contributed by atoms with van der Waals surface area (Å²) in [5.74, 6) is -0.864. The van der Waals surface area contributed by atoms with Gasteiger partial charge in [-0.05, 0) is 12.0 Å². The van der Waals surface area contributed by atoms with E-state index in [-0.39, 0.29) is 24.2 Å². The number of carbonyl (C=O) groups is 2. The molecule has 1 aromatic carbocycles. The number of amides is 1. The van der Waals surface area contributed by atoms with Gasteiger partial charge in [-0.1, -0.05) is 51.1 Å². The maximum absolute atomic E-state index is 12.8. The molecule has 1 N–H and O–H groups in total. The fourth-order valence-corrected chi connectivity index (χ4v) is 3.42. The Labute approximate surface area is 158 Å². The van der Waals surface area contributed by atoms with Crippen molar-refractivity contribution in [2.75, 3.05) is 6.54 Å². The topological polar surface area (TPSA) is 70.5 Å². The lowest BCUT2D eigenvalue weighted by Gasteiger charge is -2.22. The number of hydrogen-bond donors (Lipinski definition) is 1. The molecule has 6 heteroatoms. The second-order valence-electron chi connectivity index (χ2n) is 7.37. The third-order valence-electron chi connectivity index (χ3n) is 3.91. The number of carbonyl (C=O) groups excluding carboxylic acids is 1. The Hall–Kier alpha value is -2.21. The first-order chi connectivity index (χ1) is 12.3. The third kappa shape index (κ3) is 6.26. The van der Waals surface area contributed by atoms with Gasteiger partial charge in [0.2, 0.25) is 5.91 Å². The van der Waals surface area contributed by atoms with Crippen LogP contribution in [0.3, 0.4) is 0 Å². The van der Waals surface area contributed by atoms with E-state index in [1.165, 1.54) is 0 Å². The minimum absolute atomic E-state index is 0.0231. The van der Waals surface area contributed by atoms with E-state index in [1.54, 1.807) is 16.2 Å². The number of carboxylic acids is 1. The molecule has 140 valence electrons. The van der Waals surface area contributed by atoms with Crippen LogP contribution in [0.4, 0.5) is 0 Å². The molecule has 0 aliphatic carbocycles. The van der Waals surface area contributed by atoms with Crippen molar-refractivity contribution >= 4 is 23.2 Å². The van der Waals surface area contributed by atoms with E-state index in [9.17, 15) is 9.59 Å². The molecule has 0 saturated heterocycles. The Kier molecular flexibility index (Phi) is 6.91. The molecule has 0 radical (unpaired) electrons. The summed E-state index contributed by atoms with van der Waals surface area (Å²) in [4.78, 5) is 29.9. The van der Waals surface area contributed by atoms with Crippen molar-refractivity contribution in [1.29, 1.82) is 0 Å². The maximum atomic E-state index is 12.8. The predicted octanol–water partition coefficient (Wildman–Crippen LogP) is 3.88. The lowest BCUT2D eigenvalue weighted by molar-refractivity contribution is -0.138. The molecule has 0 atom stereocenters. The molecule has 0 spiro atoms. The van der Waals surface area contributed by atoms with E-state index >= 15 is 0 Å². The van der Waals surface area contributed by atoms with Gasteiger partial charge in [-0.3, -0.25) is 9.59 Å². The van der Waals surface area contributed by atoms with E-state index in [1.807, 2.05) is 35.7 Å². The van der Waals surface area contributed by atoms with Crippen LogP contribution in [0.5, 0.6) is 0 Å². The van der Waals surface area contributed by atoms with Gasteiger partial charge in [-0.2, -0.15) is 0 Å². The number of thiazole rings is 1. The molecule has 0 saturated carbocycles. The Balaban J connectivity index is 2.06. The summed E-state index contributed by atoms with van der Waals surface area (Å²) in [6.45, 7) is 7.22. The van der Waals surface area contributed by atoms with Gasteiger partial charge < -0.3 is 10.0 Å². The molecular weight excluding hydrogens is 348 g/mol. The van der Waals surface area contributed by atoms with Crippen LogP contribution in [0.2, 0.25) is 0 Å². The Morgan fingerprint density at radius 3 is 2.46 bits per heavy atom. The van der Waals surface area contributed by atoms with Gasteiger partial charge in [0.05, 0.1) is 17.1 Å². The summed E-state index contributed by atoms with van der Waals surface area (Å²) < 4.78 is 0. The number of nitrogens with zero attached hydrogens (tertiary/aromatic N) is 2. The number of aliphatic carboxylic acids is 1. The van der Waals surface area contributed by atoms with E-state index in [4.69, 9.17) is 5.11 Å². The standard InChI is InChI=1S/C20H26N2O3S/c1-20(2,3)19-21-16(14-26-19)12-17(23)22(11-7-10-18(24)25)13-15-8-5-4-6-9-15/h4-6,8-9,14H,7,10-13H2,1-3H3,(H,24,25). The molecule has 2 rings (SSSR count). The maximum Gasteiger partial charge on any atom is 0.303 e. The molecule has 2 aromatic rings. The zero-order valence-corrected chi connectivity index (χ0v) is 16.4. The summed E-state index contributed by atoms with van der Waals surface area (Å²) in [7, 11) is 0. The van der Waals surface area contributed by atoms with Crippen molar-refractivity contribution < 1.29 is 14.7 Å². The van der Waals surface area contributed by atoms with Gasteiger partial charge >= 0.3 is 5.97 Å². The van der Waals surface area contributed by atoms with E-state index < -0.39 is 5.97 Å². The van der Waals surface area contributed by atoms with Gasteiger partial charge in [0.15, 0.2) is 0 Å². The summed E-state index contributed by atoms with van der Waals surface area (Å²) in [5, 5.41) is 11.8. The molecule has 0 bridgehead atoms. The average molecular weight is 375 g/mol. The van der Waals surface area contributed by atoms with Crippen molar-refractivity contribution in [1.82, 2.24) is 9.88 Å². The fourth-order valence-electron chi connectivity index (χ4n) is 2.52. The monoisotopic (exact) mass is 374 g/mol. The van der Waals surface area contributed by atoms with E-state index in [0.717, 1.165) is 16.3 Å². The molecular formula is C20H26N2O3S. The van der Waals surface area contributed by atoms with E-state index in [0.29, 0.717) is 19.5 Å². The molecule has 0 aliphatic heterocycles. The Bertz CT molecular complexity index is 735. The van der Waals surface area contributed by atoms with Gasteiger partial charge in [-0.15, -0.1) is 11.3 Å². The van der Waals surface area contributed by atoms with Crippen molar-refractivity contribution in [2.45, 2.75) is 52.0 Å². The SMILES string of the molecule is CC(C)(C)c1nc(CC(=O)N(CCCC(=O)O)Cc2ccccc2)cs1. The predicted molar refractivity (Wildman–Crippen MR) is 103 cm³/mol. The lowest BCUT2D eigenvalue weighted by Crippen LogP contribution is -2.33. The summed E-state index contributed by atoms with van der Waals surface area (Å²) in [6, 6.07) is 9.75. The quantitative estimate of drug-likeness (QED) is 0.761. The van der Waals surface area contributed by atoms with Crippen molar-refractivity contribution in [2.24, 2.45) is 0 Å². The number of aromatic nitrogens is 1. The minimum atomic E-state index is -0.841. The highest BCUT2D eigenvalue weighted by molar-refractivity contribution is 7.09. The summed E-state index contributed by atoms with van der Waals surface area (Å²) >= 11 is 1.58. The highest BCUT2D eigenvalue weighted by Gasteiger charge is 2.21.